The Bertz CT molecular complexity index is 618. The summed E-state index contributed by atoms with van der Waals surface area (Å²) in [6.07, 6.45) is 7.49. The maximum atomic E-state index is 12.3. The highest BCUT2D eigenvalue weighted by atomic mass is 16.1. The second-order valence-electron chi connectivity index (χ2n) is 5.93. The molecule has 3 nitrogen and oxygen atoms in total. The van der Waals surface area contributed by atoms with Gasteiger partial charge in [-0.05, 0) is 24.5 Å². The van der Waals surface area contributed by atoms with Crippen molar-refractivity contribution in [1.82, 2.24) is 10.3 Å². The number of hydrogen-bond donors (Lipinski definition) is 1. The first kappa shape index (κ1) is 14.8. The summed E-state index contributed by atoms with van der Waals surface area (Å²) >= 11 is 0. The van der Waals surface area contributed by atoms with E-state index in [0.29, 0.717) is 6.54 Å². The Balaban J connectivity index is 1.69. The Morgan fingerprint density at radius 3 is 2.59 bits per heavy atom. The second kappa shape index (κ2) is 7.21. The fourth-order valence-corrected chi connectivity index (χ4v) is 3.13. The number of pyridine rings is 1. The molecule has 0 bridgehead atoms. The Hall–Kier alpha value is -2.16. The molecular formula is C19H22N2O. The number of aromatic nitrogens is 1. The van der Waals surface area contributed by atoms with Crippen molar-refractivity contribution in [2.24, 2.45) is 5.92 Å². The van der Waals surface area contributed by atoms with E-state index in [9.17, 15) is 4.79 Å². The lowest BCUT2D eigenvalue weighted by Gasteiger charge is -2.21. The van der Waals surface area contributed by atoms with Crippen LogP contribution in [0, 0.1) is 5.92 Å². The van der Waals surface area contributed by atoms with Gasteiger partial charge in [0.15, 0.2) is 0 Å². The van der Waals surface area contributed by atoms with Crippen molar-refractivity contribution >= 4 is 5.91 Å². The second-order valence-corrected chi connectivity index (χ2v) is 5.93. The first-order valence-electron chi connectivity index (χ1n) is 8.11. The minimum atomic E-state index is 0.197. The molecule has 114 valence electrons. The number of carbonyl (C=O) groups is 1. The minimum absolute atomic E-state index is 0.197. The van der Waals surface area contributed by atoms with Crippen molar-refractivity contribution in [3.8, 4) is 11.3 Å². The van der Waals surface area contributed by atoms with Gasteiger partial charge in [-0.25, -0.2) is 0 Å². The molecule has 1 aromatic heterocycles. The zero-order valence-corrected chi connectivity index (χ0v) is 12.8. The molecule has 0 atom stereocenters. The maximum Gasteiger partial charge on any atom is 0.223 e. The molecule has 0 aliphatic heterocycles. The number of hydrogen-bond acceptors (Lipinski definition) is 2. The van der Waals surface area contributed by atoms with Crippen molar-refractivity contribution in [3.05, 3.63) is 54.2 Å². The summed E-state index contributed by atoms with van der Waals surface area (Å²) in [7, 11) is 0. The molecule has 1 aromatic carbocycles. The number of rotatable bonds is 4. The molecule has 0 spiro atoms. The molecule has 3 rings (SSSR count). The standard InChI is InChI=1S/C19H22N2O/c22-19(16-10-5-2-6-11-16)21-14-17-12-7-13-20-18(17)15-8-3-1-4-9-15/h1,3-4,7-9,12-13,16H,2,5-6,10-11,14H2,(H,21,22). The van der Waals surface area contributed by atoms with E-state index in [4.69, 9.17) is 0 Å². The lowest BCUT2D eigenvalue weighted by Crippen LogP contribution is -2.31. The van der Waals surface area contributed by atoms with Crippen molar-refractivity contribution < 1.29 is 4.79 Å². The topological polar surface area (TPSA) is 42.0 Å². The molecule has 2 aromatic rings. The summed E-state index contributed by atoms with van der Waals surface area (Å²) in [4.78, 5) is 16.8. The SMILES string of the molecule is O=C(NCc1cccnc1-c1ccccc1)C1CCCCC1. The molecule has 1 aliphatic carbocycles. The fourth-order valence-electron chi connectivity index (χ4n) is 3.13. The highest BCUT2D eigenvalue weighted by Crippen LogP contribution is 2.24. The van der Waals surface area contributed by atoms with Crippen LogP contribution in [0.25, 0.3) is 11.3 Å². The molecule has 0 saturated heterocycles. The normalized spacial score (nSPS) is 15.5. The van der Waals surface area contributed by atoms with Gasteiger partial charge in [0.05, 0.1) is 5.69 Å². The summed E-state index contributed by atoms with van der Waals surface area (Å²) in [6.45, 7) is 0.549. The van der Waals surface area contributed by atoms with E-state index in [1.165, 1.54) is 19.3 Å². The predicted molar refractivity (Wildman–Crippen MR) is 88.1 cm³/mol. The van der Waals surface area contributed by atoms with Crippen LogP contribution in [0.15, 0.2) is 48.7 Å². The quantitative estimate of drug-likeness (QED) is 0.928. The largest absolute Gasteiger partial charge is 0.352 e. The maximum absolute atomic E-state index is 12.3. The van der Waals surface area contributed by atoms with Gasteiger partial charge >= 0.3 is 0 Å². The van der Waals surface area contributed by atoms with Gasteiger partial charge in [-0.3, -0.25) is 9.78 Å². The lowest BCUT2D eigenvalue weighted by atomic mass is 9.88. The van der Waals surface area contributed by atoms with Gasteiger partial charge in [-0.15, -0.1) is 0 Å². The zero-order chi connectivity index (χ0) is 15.2. The number of nitrogens with zero attached hydrogens (tertiary/aromatic N) is 1. The van der Waals surface area contributed by atoms with E-state index in [1.807, 2.05) is 30.3 Å². The minimum Gasteiger partial charge on any atom is -0.352 e. The van der Waals surface area contributed by atoms with E-state index >= 15 is 0 Å². The molecule has 1 N–H and O–H groups in total. The molecule has 0 radical (unpaired) electrons. The molecule has 1 saturated carbocycles. The molecule has 1 amide bonds. The third-order valence-corrected chi connectivity index (χ3v) is 4.37. The van der Waals surface area contributed by atoms with E-state index < -0.39 is 0 Å². The van der Waals surface area contributed by atoms with Crippen LogP contribution in [0.5, 0.6) is 0 Å². The first-order valence-corrected chi connectivity index (χ1v) is 8.11. The average Bonchev–Trinajstić information content (AvgIpc) is 2.61. The number of amides is 1. The van der Waals surface area contributed by atoms with Crippen molar-refractivity contribution in [1.29, 1.82) is 0 Å². The van der Waals surface area contributed by atoms with E-state index in [1.54, 1.807) is 6.20 Å². The third-order valence-electron chi connectivity index (χ3n) is 4.37. The number of carbonyl (C=O) groups excluding carboxylic acids is 1. The van der Waals surface area contributed by atoms with Crippen LogP contribution in [0.4, 0.5) is 0 Å². The van der Waals surface area contributed by atoms with Gasteiger partial charge in [0.1, 0.15) is 0 Å². The van der Waals surface area contributed by atoms with Crippen LogP contribution in [0.1, 0.15) is 37.7 Å². The number of benzene rings is 1. The molecule has 22 heavy (non-hydrogen) atoms. The van der Waals surface area contributed by atoms with Crippen molar-refractivity contribution in [2.75, 3.05) is 0 Å². The van der Waals surface area contributed by atoms with Crippen LogP contribution >= 0.6 is 0 Å². The Kier molecular flexibility index (Phi) is 4.84. The summed E-state index contributed by atoms with van der Waals surface area (Å²) in [5, 5.41) is 3.10. The lowest BCUT2D eigenvalue weighted by molar-refractivity contribution is -0.126. The molecule has 3 heteroatoms. The first-order chi connectivity index (χ1) is 10.8. The fraction of sp³-hybridized carbons (Fsp3) is 0.368. The Labute approximate surface area is 131 Å². The monoisotopic (exact) mass is 294 g/mol. The Morgan fingerprint density at radius 1 is 1.05 bits per heavy atom. The number of nitrogens with one attached hydrogen (secondary N) is 1. The van der Waals surface area contributed by atoms with Gasteiger partial charge in [0.25, 0.3) is 0 Å². The summed E-state index contributed by atoms with van der Waals surface area (Å²) in [5.74, 6) is 0.396. The van der Waals surface area contributed by atoms with Crippen LogP contribution in [-0.2, 0) is 11.3 Å². The van der Waals surface area contributed by atoms with Gasteiger partial charge < -0.3 is 5.32 Å². The van der Waals surface area contributed by atoms with Gasteiger partial charge in [-0.1, -0.05) is 55.7 Å². The van der Waals surface area contributed by atoms with Gasteiger partial charge in [0, 0.05) is 24.2 Å². The van der Waals surface area contributed by atoms with Crippen LogP contribution < -0.4 is 5.32 Å². The average molecular weight is 294 g/mol. The third kappa shape index (κ3) is 3.53. The van der Waals surface area contributed by atoms with E-state index in [2.05, 4.69) is 22.4 Å². The summed E-state index contributed by atoms with van der Waals surface area (Å²) in [5.41, 5.74) is 3.11. The highest BCUT2D eigenvalue weighted by Gasteiger charge is 2.20. The summed E-state index contributed by atoms with van der Waals surface area (Å²) in [6, 6.07) is 14.1. The molecule has 1 fully saturated rings. The molecule has 1 aliphatic rings. The molecule has 0 unspecified atom stereocenters. The van der Waals surface area contributed by atoms with Crippen LogP contribution in [0.2, 0.25) is 0 Å². The molecular weight excluding hydrogens is 272 g/mol. The van der Waals surface area contributed by atoms with Crippen molar-refractivity contribution in [3.63, 3.8) is 0 Å². The van der Waals surface area contributed by atoms with Crippen LogP contribution in [-0.4, -0.2) is 10.9 Å². The Morgan fingerprint density at radius 2 is 1.82 bits per heavy atom. The van der Waals surface area contributed by atoms with E-state index in [0.717, 1.165) is 29.7 Å². The smallest absolute Gasteiger partial charge is 0.223 e. The van der Waals surface area contributed by atoms with Crippen LogP contribution in [0.3, 0.4) is 0 Å². The zero-order valence-electron chi connectivity index (χ0n) is 12.8. The van der Waals surface area contributed by atoms with Gasteiger partial charge in [-0.2, -0.15) is 0 Å². The predicted octanol–water partition coefficient (Wildman–Crippen LogP) is 3.95. The highest BCUT2D eigenvalue weighted by molar-refractivity contribution is 5.79. The summed E-state index contributed by atoms with van der Waals surface area (Å²) < 4.78 is 0. The van der Waals surface area contributed by atoms with E-state index in [-0.39, 0.29) is 11.8 Å². The van der Waals surface area contributed by atoms with Gasteiger partial charge in [0.2, 0.25) is 5.91 Å². The molecule has 1 heterocycles. The van der Waals surface area contributed by atoms with Crippen molar-refractivity contribution in [2.45, 2.75) is 38.6 Å².